The molecule has 158 valence electrons. The van der Waals surface area contributed by atoms with Gasteiger partial charge in [0.1, 0.15) is 0 Å². The summed E-state index contributed by atoms with van der Waals surface area (Å²) in [5.41, 5.74) is 0. The van der Waals surface area contributed by atoms with Gasteiger partial charge in [0.05, 0.1) is 12.6 Å². The van der Waals surface area contributed by atoms with Gasteiger partial charge < -0.3 is 4.90 Å². The van der Waals surface area contributed by atoms with Crippen LogP contribution in [0.25, 0.3) is 0 Å². The highest BCUT2D eigenvalue weighted by Crippen LogP contribution is 2.35. The zero-order chi connectivity index (χ0) is 19.6. The van der Waals surface area contributed by atoms with Gasteiger partial charge in [-0.25, -0.2) is 8.78 Å². The monoisotopic (exact) mass is 385 g/mol. The van der Waals surface area contributed by atoms with Crippen LogP contribution >= 0.6 is 0 Å². The van der Waals surface area contributed by atoms with E-state index < -0.39 is 12.0 Å². The minimum atomic E-state index is -2.57. The van der Waals surface area contributed by atoms with Gasteiger partial charge in [-0.15, -0.1) is 0 Å². The summed E-state index contributed by atoms with van der Waals surface area (Å²) >= 11 is 0. The molecule has 0 aliphatic carbocycles. The molecule has 3 rings (SSSR count). The lowest BCUT2D eigenvalue weighted by molar-refractivity contribution is -0.135. The summed E-state index contributed by atoms with van der Waals surface area (Å²) in [6.07, 6.45) is 5.12. The van der Waals surface area contributed by atoms with E-state index in [0.717, 1.165) is 65.0 Å². The zero-order valence-corrected chi connectivity index (χ0v) is 18.0. The molecule has 0 aromatic carbocycles. The molecule has 5 heteroatoms. The molecule has 0 spiro atoms. The van der Waals surface area contributed by atoms with Crippen LogP contribution in [0.1, 0.15) is 59.8 Å². The minimum Gasteiger partial charge on any atom is -0.301 e. The molecular weight excluding hydrogens is 344 g/mol. The lowest BCUT2D eigenvalue weighted by atomic mass is 9.85. The summed E-state index contributed by atoms with van der Waals surface area (Å²) in [5.74, 6) is -0.584. The van der Waals surface area contributed by atoms with E-state index in [9.17, 15) is 8.78 Å². The predicted molar refractivity (Wildman–Crippen MR) is 108 cm³/mol. The van der Waals surface area contributed by atoms with Crippen molar-refractivity contribution in [3.63, 3.8) is 0 Å². The van der Waals surface area contributed by atoms with Gasteiger partial charge in [0.15, 0.2) is 0 Å². The lowest BCUT2D eigenvalue weighted by Crippen LogP contribution is -2.60. The van der Waals surface area contributed by atoms with Crippen LogP contribution in [0.15, 0.2) is 0 Å². The van der Waals surface area contributed by atoms with E-state index in [1.807, 2.05) is 0 Å². The fraction of sp³-hybridized carbons (Fsp3) is 1.00. The Balaban J connectivity index is 1.46. The van der Waals surface area contributed by atoms with Gasteiger partial charge in [0, 0.05) is 19.1 Å². The number of nitrogens with zero attached hydrogens (tertiary/aromatic N) is 3. The van der Waals surface area contributed by atoms with Crippen LogP contribution in [0.5, 0.6) is 0 Å². The first-order valence-corrected chi connectivity index (χ1v) is 11.3. The molecule has 0 saturated carbocycles. The van der Waals surface area contributed by atoms with Gasteiger partial charge in [-0.2, -0.15) is 0 Å². The Hall–Kier alpha value is -0.260. The Bertz CT molecular complexity index is 452. The lowest BCUT2D eigenvalue weighted by Gasteiger charge is -2.47. The number of likely N-dealkylation sites (tertiary alicyclic amines) is 3. The van der Waals surface area contributed by atoms with E-state index in [-0.39, 0.29) is 6.54 Å². The van der Waals surface area contributed by atoms with Crippen LogP contribution in [-0.4, -0.2) is 78.5 Å². The second-order valence-corrected chi connectivity index (χ2v) is 9.99. The third-order valence-corrected chi connectivity index (χ3v) is 7.49. The quantitative estimate of drug-likeness (QED) is 0.703. The number of piperidine rings is 3. The Morgan fingerprint density at radius 2 is 1.48 bits per heavy atom. The number of rotatable bonds is 5. The normalized spacial score (nSPS) is 30.4. The molecule has 0 bridgehead atoms. The molecule has 3 saturated heterocycles. The molecule has 3 fully saturated rings. The van der Waals surface area contributed by atoms with Gasteiger partial charge in [0.2, 0.25) is 0 Å². The molecule has 0 radical (unpaired) electrons. The summed E-state index contributed by atoms with van der Waals surface area (Å²) in [6, 6.07) is 0.0653. The molecule has 0 N–H and O–H groups in total. The van der Waals surface area contributed by atoms with Crippen LogP contribution in [0.4, 0.5) is 8.78 Å². The van der Waals surface area contributed by atoms with Crippen LogP contribution in [0.3, 0.4) is 0 Å². The van der Waals surface area contributed by atoms with Crippen molar-refractivity contribution in [2.75, 3.05) is 45.8 Å². The van der Waals surface area contributed by atoms with Crippen LogP contribution in [0, 0.1) is 17.8 Å². The molecule has 3 heterocycles. The van der Waals surface area contributed by atoms with Crippen molar-refractivity contribution >= 4 is 0 Å². The van der Waals surface area contributed by atoms with E-state index in [1.54, 1.807) is 0 Å². The second kappa shape index (κ2) is 9.04. The third kappa shape index (κ3) is 5.42. The molecule has 3 aliphatic rings. The Morgan fingerprint density at radius 3 is 2.00 bits per heavy atom. The first-order valence-electron chi connectivity index (χ1n) is 11.3. The first kappa shape index (κ1) is 21.4. The van der Waals surface area contributed by atoms with Crippen LogP contribution in [-0.2, 0) is 0 Å². The highest BCUT2D eigenvalue weighted by molar-refractivity contribution is 4.95. The van der Waals surface area contributed by atoms with Gasteiger partial charge in [0.25, 0.3) is 5.92 Å². The smallest absolute Gasteiger partial charge is 0.275 e. The number of halogens is 2. The summed E-state index contributed by atoms with van der Waals surface area (Å²) in [4.78, 5) is 6.68. The fourth-order valence-electron chi connectivity index (χ4n) is 5.52. The van der Waals surface area contributed by atoms with Crippen molar-refractivity contribution < 1.29 is 8.78 Å². The summed E-state index contributed by atoms with van der Waals surface area (Å²) in [6.45, 7) is 14.7. The van der Waals surface area contributed by atoms with E-state index in [1.165, 1.54) is 0 Å². The number of hydrogen-bond donors (Lipinski definition) is 0. The topological polar surface area (TPSA) is 9.72 Å². The SMILES string of the molecule is CC(C)C1CCN(C2CCN(CC3CCN(C(C)C)CC3)CC2(F)F)CC1. The molecule has 3 nitrogen and oxygen atoms in total. The number of alkyl halides is 2. The molecule has 0 aromatic rings. The second-order valence-electron chi connectivity index (χ2n) is 9.99. The molecular formula is C22H41F2N3. The maximum atomic E-state index is 15.0. The Labute approximate surface area is 165 Å². The summed E-state index contributed by atoms with van der Waals surface area (Å²) < 4.78 is 30.0. The van der Waals surface area contributed by atoms with Gasteiger partial charge in [-0.05, 0) is 89.9 Å². The molecule has 3 aliphatic heterocycles. The highest BCUT2D eigenvalue weighted by Gasteiger charge is 2.48. The Morgan fingerprint density at radius 1 is 0.852 bits per heavy atom. The predicted octanol–water partition coefficient (Wildman–Crippen LogP) is 4.18. The van der Waals surface area contributed by atoms with Gasteiger partial charge in [-0.1, -0.05) is 13.8 Å². The molecule has 27 heavy (non-hydrogen) atoms. The maximum Gasteiger partial charge on any atom is 0.275 e. The van der Waals surface area contributed by atoms with Crippen molar-refractivity contribution in [1.82, 2.24) is 14.7 Å². The van der Waals surface area contributed by atoms with E-state index in [4.69, 9.17) is 0 Å². The van der Waals surface area contributed by atoms with Crippen molar-refractivity contribution in [3.8, 4) is 0 Å². The average molecular weight is 386 g/mol. The first-order chi connectivity index (χ1) is 12.8. The van der Waals surface area contributed by atoms with E-state index in [0.29, 0.717) is 30.2 Å². The standard InChI is InChI=1S/C22H41F2N3/c1-17(2)20-7-13-27(14-8-20)21-9-10-25(16-22(21,23)24)15-19-5-11-26(12-6-19)18(3)4/h17-21H,5-16H2,1-4H3. The summed E-state index contributed by atoms with van der Waals surface area (Å²) in [7, 11) is 0. The van der Waals surface area contributed by atoms with E-state index in [2.05, 4.69) is 42.4 Å². The summed E-state index contributed by atoms with van der Waals surface area (Å²) in [5, 5.41) is 0. The average Bonchev–Trinajstić information content (AvgIpc) is 2.61. The third-order valence-electron chi connectivity index (χ3n) is 7.49. The molecule has 0 amide bonds. The van der Waals surface area contributed by atoms with Crippen molar-refractivity contribution in [1.29, 1.82) is 0 Å². The highest BCUT2D eigenvalue weighted by atomic mass is 19.3. The largest absolute Gasteiger partial charge is 0.301 e. The minimum absolute atomic E-state index is 0.0355. The van der Waals surface area contributed by atoms with Crippen LogP contribution < -0.4 is 0 Å². The van der Waals surface area contributed by atoms with E-state index >= 15 is 0 Å². The van der Waals surface area contributed by atoms with Crippen molar-refractivity contribution in [2.45, 2.75) is 77.8 Å². The van der Waals surface area contributed by atoms with Crippen molar-refractivity contribution in [2.24, 2.45) is 17.8 Å². The zero-order valence-electron chi connectivity index (χ0n) is 18.0. The number of hydrogen-bond acceptors (Lipinski definition) is 3. The van der Waals surface area contributed by atoms with Crippen LogP contribution in [0.2, 0.25) is 0 Å². The maximum absolute atomic E-state index is 15.0. The van der Waals surface area contributed by atoms with Crippen molar-refractivity contribution in [3.05, 3.63) is 0 Å². The fourth-order valence-corrected chi connectivity index (χ4v) is 5.52. The Kier molecular flexibility index (Phi) is 7.18. The molecule has 0 aromatic heterocycles. The van der Waals surface area contributed by atoms with Gasteiger partial charge in [-0.3, -0.25) is 9.80 Å². The van der Waals surface area contributed by atoms with Gasteiger partial charge >= 0.3 is 0 Å². The molecule has 1 unspecified atom stereocenters. The molecule has 1 atom stereocenters.